The molecule has 0 bridgehead atoms. The van der Waals surface area contributed by atoms with Crippen molar-refractivity contribution in [2.75, 3.05) is 0 Å². The fourth-order valence-corrected chi connectivity index (χ4v) is 0.446. The maximum Gasteiger partial charge on any atom is 0.142 e. The zero-order valence-electron chi connectivity index (χ0n) is 4.22. The van der Waals surface area contributed by atoms with E-state index < -0.39 is 0 Å². The van der Waals surface area contributed by atoms with E-state index in [1.807, 2.05) is 0 Å². The zero-order chi connectivity index (χ0) is 5.82. The average Bonchev–Trinajstić information content (AvgIpc) is 1.90. The Morgan fingerprint density at radius 3 is 2.88 bits per heavy atom. The Balaban J connectivity index is 2.42. The summed E-state index contributed by atoms with van der Waals surface area (Å²) in [6.45, 7) is 0. The van der Waals surface area contributed by atoms with E-state index in [1.165, 1.54) is 0 Å². The largest absolute Gasteiger partial charge is 0.316 e. The molecule has 1 aliphatic heterocycles. The number of hydrogen-bond acceptors (Lipinski definition) is 4. The van der Waals surface area contributed by atoms with Crippen molar-refractivity contribution >= 4 is 6.29 Å². The Labute approximate surface area is 46.9 Å². The van der Waals surface area contributed by atoms with Crippen LogP contribution >= 0.6 is 0 Å². The van der Waals surface area contributed by atoms with Gasteiger partial charge in [0.25, 0.3) is 0 Å². The molecule has 0 aliphatic carbocycles. The number of nitrogens with one attached hydrogen (secondary N) is 3. The van der Waals surface area contributed by atoms with Crippen LogP contribution in [0.1, 0.15) is 0 Å². The monoisotopic (exact) mass is 113 g/mol. The fraction of sp³-hybridized carbons (Fsp3) is 0.250. The molecule has 1 rings (SSSR count). The van der Waals surface area contributed by atoms with Crippen LogP contribution in [0.4, 0.5) is 0 Å². The molecule has 3 N–H and O–H groups in total. The van der Waals surface area contributed by atoms with Crippen LogP contribution in [-0.4, -0.2) is 12.3 Å². The summed E-state index contributed by atoms with van der Waals surface area (Å²) in [5.41, 5.74) is 7.87. The molecular weight excluding hydrogens is 106 g/mol. The van der Waals surface area contributed by atoms with Gasteiger partial charge >= 0.3 is 0 Å². The Morgan fingerprint density at radius 1 is 1.62 bits per heavy atom. The van der Waals surface area contributed by atoms with Gasteiger partial charge in [0.1, 0.15) is 6.29 Å². The second-order valence-electron chi connectivity index (χ2n) is 1.43. The Kier molecular flexibility index (Phi) is 1.61. The van der Waals surface area contributed by atoms with Crippen molar-refractivity contribution < 1.29 is 4.79 Å². The number of aldehydes is 1. The first kappa shape index (κ1) is 5.27. The van der Waals surface area contributed by atoms with Gasteiger partial charge in [-0.1, -0.05) is 0 Å². The lowest BCUT2D eigenvalue weighted by molar-refractivity contribution is -0.109. The van der Waals surface area contributed by atoms with E-state index in [0.29, 0.717) is 0 Å². The third-order valence-corrected chi connectivity index (χ3v) is 0.845. The minimum Gasteiger partial charge on any atom is -0.316 e. The molecule has 1 unspecified atom stereocenters. The number of carbonyl (C=O) groups excluding carboxylic acids is 1. The van der Waals surface area contributed by atoms with Gasteiger partial charge in [0.15, 0.2) is 0 Å². The standard InChI is InChI=1S/C4H7N3O/c8-3-4-1-2-5-7-6-4/h1-7H. The summed E-state index contributed by atoms with van der Waals surface area (Å²) in [5, 5.41) is 0. The summed E-state index contributed by atoms with van der Waals surface area (Å²) < 4.78 is 0. The van der Waals surface area contributed by atoms with Gasteiger partial charge in [0, 0.05) is 6.20 Å². The normalized spacial score (nSPS) is 26.8. The van der Waals surface area contributed by atoms with Crippen LogP contribution in [0, 0.1) is 0 Å². The summed E-state index contributed by atoms with van der Waals surface area (Å²) in [6, 6.07) is -0.198. The van der Waals surface area contributed by atoms with E-state index >= 15 is 0 Å². The second kappa shape index (κ2) is 2.44. The van der Waals surface area contributed by atoms with Gasteiger partial charge in [-0.3, -0.25) is 0 Å². The van der Waals surface area contributed by atoms with Crippen molar-refractivity contribution in [1.29, 1.82) is 0 Å². The summed E-state index contributed by atoms with van der Waals surface area (Å²) in [4.78, 5) is 9.98. The van der Waals surface area contributed by atoms with E-state index in [4.69, 9.17) is 0 Å². The second-order valence-corrected chi connectivity index (χ2v) is 1.43. The minimum absolute atomic E-state index is 0.198. The predicted octanol–water partition coefficient (Wildman–Crippen LogP) is -1.32. The molecule has 1 aliphatic rings. The molecule has 1 atom stereocenters. The van der Waals surface area contributed by atoms with Crippen molar-refractivity contribution in [3.05, 3.63) is 12.3 Å². The van der Waals surface area contributed by atoms with Crippen molar-refractivity contribution in [2.24, 2.45) is 0 Å². The first-order valence-electron chi connectivity index (χ1n) is 2.31. The van der Waals surface area contributed by atoms with Gasteiger partial charge in [0.2, 0.25) is 0 Å². The molecule has 0 aromatic heterocycles. The molecule has 44 valence electrons. The van der Waals surface area contributed by atoms with E-state index in [1.54, 1.807) is 12.3 Å². The molecule has 0 amide bonds. The minimum atomic E-state index is -0.198. The number of hydrogen-bond donors (Lipinski definition) is 3. The SMILES string of the molecule is O=CC1C=CNNN1. The topological polar surface area (TPSA) is 53.2 Å². The van der Waals surface area contributed by atoms with Crippen molar-refractivity contribution in [2.45, 2.75) is 6.04 Å². The van der Waals surface area contributed by atoms with Crippen molar-refractivity contribution in [3.63, 3.8) is 0 Å². The van der Waals surface area contributed by atoms with Gasteiger partial charge in [-0.15, -0.1) is 0 Å². The molecule has 0 spiro atoms. The van der Waals surface area contributed by atoms with Crippen LogP contribution in [0.2, 0.25) is 0 Å². The summed E-state index contributed by atoms with van der Waals surface area (Å²) in [5.74, 6) is 0. The lowest BCUT2D eigenvalue weighted by Crippen LogP contribution is -2.49. The lowest BCUT2D eigenvalue weighted by atomic mass is 10.3. The van der Waals surface area contributed by atoms with E-state index in [9.17, 15) is 4.79 Å². The molecular formula is C4H7N3O. The quantitative estimate of drug-likeness (QED) is 0.369. The molecule has 0 aromatic rings. The van der Waals surface area contributed by atoms with Crippen LogP contribution in [0.3, 0.4) is 0 Å². The first-order valence-corrected chi connectivity index (χ1v) is 2.31. The highest BCUT2D eigenvalue weighted by atomic mass is 16.1. The lowest BCUT2D eigenvalue weighted by Gasteiger charge is -2.13. The van der Waals surface area contributed by atoms with Crippen LogP contribution in [0.15, 0.2) is 12.3 Å². The summed E-state index contributed by atoms with van der Waals surface area (Å²) in [6.07, 6.45) is 4.18. The van der Waals surface area contributed by atoms with Crippen molar-refractivity contribution in [1.82, 2.24) is 16.4 Å². The molecule has 4 heteroatoms. The highest BCUT2D eigenvalue weighted by Gasteiger charge is 2.01. The van der Waals surface area contributed by atoms with Crippen LogP contribution in [-0.2, 0) is 4.79 Å². The van der Waals surface area contributed by atoms with Gasteiger partial charge in [-0.25, -0.2) is 5.43 Å². The van der Waals surface area contributed by atoms with Gasteiger partial charge < -0.3 is 10.2 Å². The molecule has 0 saturated heterocycles. The Hall–Kier alpha value is -0.870. The Bertz CT molecular complexity index is 112. The maximum absolute atomic E-state index is 9.98. The zero-order valence-corrected chi connectivity index (χ0v) is 4.22. The third-order valence-electron chi connectivity index (χ3n) is 0.845. The van der Waals surface area contributed by atoms with Crippen LogP contribution in [0.5, 0.6) is 0 Å². The average molecular weight is 113 g/mol. The van der Waals surface area contributed by atoms with E-state index in [2.05, 4.69) is 16.4 Å². The van der Waals surface area contributed by atoms with E-state index in [0.717, 1.165) is 6.29 Å². The summed E-state index contributed by atoms with van der Waals surface area (Å²) in [7, 11) is 0. The molecule has 4 nitrogen and oxygen atoms in total. The molecule has 1 heterocycles. The smallest absolute Gasteiger partial charge is 0.142 e. The first-order chi connectivity index (χ1) is 3.93. The highest BCUT2D eigenvalue weighted by Crippen LogP contribution is 1.79. The number of hydrazine groups is 2. The Morgan fingerprint density at radius 2 is 2.50 bits per heavy atom. The van der Waals surface area contributed by atoms with Crippen LogP contribution < -0.4 is 16.4 Å². The van der Waals surface area contributed by atoms with Crippen molar-refractivity contribution in [3.8, 4) is 0 Å². The van der Waals surface area contributed by atoms with Gasteiger partial charge in [0.05, 0.1) is 6.04 Å². The van der Waals surface area contributed by atoms with E-state index in [-0.39, 0.29) is 6.04 Å². The van der Waals surface area contributed by atoms with Gasteiger partial charge in [-0.05, 0) is 6.08 Å². The number of carbonyl (C=O) groups is 1. The molecule has 0 radical (unpaired) electrons. The molecule has 8 heavy (non-hydrogen) atoms. The number of rotatable bonds is 1. The van der Waals surface area contributed by atoms with Crippen LogP contribution in [0.25, 0.3) is 0 Å². The maximum atomic E-state index is 9.98. The third kappa shape index (κ3) is 1.05. The summed E-state index contributed by atoms with van der Waals surface area (Å²) >= 11 is 0. The highest BCUT2D eigenvalue weighted by molar-refractivity contribution is 5.60. The molecule has 0 fully saturated rings. The fourth-order valence-electron chi connectivity index (χ4n) is 0.446. The molecule has 0 aromatic carbocycles. The predicted molar refractivity (Wildman–Crippen MR) is 28.4 cm³/mol. The molecule has 0 saturated carbocycles. The van der Waals surface area contributed by atoms with Gasteiger partial charge in [-0.2, -0.15) is 5.53 Å².